The van der Waals surface area contributed by atoms with Gasteiger partial charge in [-0.3, -0.25) is 4.90 Å². The molecule has 0 fully saturated rings. The van der Waals surface area contributed by atoms with E-state index in [2.05, 4.69) is 41.4 Å². The number of nitrogens with zero attached hydrogens (tertiary/aromatic N) is 1. The lowest BCUT2D eigenvalue weighted by atomic mass is 10.3. The first-order chi connectivity index (χ1) is 6.83. The van der Waals surface area contributed by atoms with E-state index in [0.29, 0.717) is 0 Å². The van der Waals surface area contributed by atoms with Crippen molar-refractivity contribution in [3.63, 3.8) is 0 Å². The van der Waals surface area contributed by atoms with Gasteiger partial charge in [0.2, 0.25) is 0 Å². The molecular weight excluding hydrogens is 214 g/mol. The third-order valence-corrected chi connectivity index (χ3v) is 2.80. The van der Waals surface area contributed by atoms with Crippen LogP contribution in [0.3, 0.4) is 0 Å². The maximum atomic E-state index is 5.36. The Labute approximate surface area is 95.3 Å². The van der Waals surface area contributed by atoms with Gasteiger partial charge in [0.1, 0.15) is 0 Å². The summed E-state index contributed by atoms with van der Waals surface area (Å²) in [5, 5.41) is 4.30. The number of likely N-dealkylation sites (N-methyl/N-ethyl adjacent to an activating group) is 1. The van der Waals surface area contributed by atoms with E-state index in [-0.39, 0.29) is 0 Å². The molecule has 1 heterocycles. The van der Waals surface area contributed by atoms with E-state index in [4.69, 9.17) is 4.74 Å². The van der Waals surface area contributed by atoms with Gasteiger partial charge in [-0.15, -0.1) is 0 Å². The summed E-state index contributed by atoms with van der Waals surface area (Å²) in [5.74, 6) is 0.800. The fourth-order valence-electron chi connectivity index (χ4n) is 1.16. The molecular formula is C10H17NOS2. The summed E-state index contributed by atoms with van der Waals surface area (Å²) in [4.78, 5) is 2.26. The van der Waals surface area contributed by atoms with E-state index in [0.717, 1.165) is 32.1 Å². The van der Waals surface area contributed by atoms with Crippen LogP contribution in [0.1, 0.15) is 5.56 Å². The highest BCUT2D eigenvalue weighted by molar-refractivity contribution is 7.80. The van der Waals surface area contributed by atoms with E-state index < -0.39 is 0 Å². The molecule has 0 aliphatic carbocycles. The summed E-state index contributed by atoms with van der Waals surface area (Å²) in [6, 6.07) is 2.16. The van der Waals surface area contributed by atoms with Gasteiger partial charge >= 0.3 is 0 Å². The van der Waals surface area contributed by atoms with Gasteiger partial charge in [0.25, 0.3) is 0 Å². The van der Waals surface area contributed by atoms with E-state index >= 15 is 0 Å². The second-order valence-corrected chi connectivity index (χ2v) is 4.43. The molecule has 0 aliphatic rings. The van der Waals surface area contributed by atoms with Crippen LogP contribution in [0.15, 0.2) is 16.8 Å². The highest BCUT2D eigenvalue weighted by atomic mass is 32.1. The Kier molecular flexibility index (Phi) is 6.27. The quantitative estimate of drug-likeness (QED) is 0.570. The zero-order chi connectivity index (χ0) is 10.2. The van der Waals surface area contributed by atoms with Gasteiger partial charge in [0, 0.05) is 18.8 Å². The van der Waals surface area contributed by atoms with Crippen molar-refractivity contribution < 1.29 is 4.74 Å². The van der Waals surface area contributed by atoms with Gasteiger partial charge in [-0.1, -0.05) is 0 Å². The van der Waals surface area contributed by atoms with Crippen LogP contribution in [-0.2, 0) is 11.3 Å². The zero-order valence-corrected chi connectivity index (χ0v) is 10.2. The molecule has 0 radical (unpaired) electrons. The van der Waals surface area contributed by atoms with Crippen molar-refractivity contribution in [3.05, 3.63) is 22.4 Å². The zero-order valence-electron chi connectivity index (χ0n) is 8.48. The third kappa shape index (κ3) is 5.00. The van der Waals surface area contributed by atoms with Crippen LogP contribution in [0.25, 0.3) is 0 Å². The van der Waals surface area contributed by atoms with Crippen molar-refractivity contribution in [1.82, 2.24) is 4.90 Å². The Hall–Kier alpha value is -0.0300. The molecule has 0 aliphatic heterocycles. The Bertz CT molecular complexity index is 226. The maximum absolute atomic E-state index is 5.36. The Morgan fingerprint density at radius 3 is 3.00 bits per heavy atom. The van der Waals surface area contributed by atoms with E-state index in [1.54, 1.807) is 11.3 Å². The lowest BCUT2D eigenvalue weighted by molar-refractivity contribution is 0.122. The minimum Gasteiger partial charge on any atom is -0.379 e. The second-order valence-electron chi connectivity index (χ2n) is 3.21. The minimum atomic E-state index is 0.745. The van der Waals surface area contributed by atoms with Crippen molar-refractivity contribution in [2.75, 3.05) is 32.6 Å². The highest BCUT2D eigenvalue weighted by Crippen LogP contribution is 2.07. The number of thiophene rings is 1. The highest BCUT2D eigenvalue weighted by Gasteiger charge is 1.99. The number of thiol groups is 1. The van der Waals surface area contributed by atoms with Crippen LogP contribution in [0, 0.1) is 0 Å². The van der Waals surface area contributed by atoms with Crippen molar-refractivity contribution in [3.8, 4) is 0 Å². The fraction of sp³-hybridized carbons (Fsp3) is 0.600. The van der Waals surface area contributed by atoms with Crippen molar-refractivity contribution in [2.24, 2.45) is 0 Å². The summed E-state index contributed by atoms with van der Waals surface area (Å²) >= 11 is 5.83. The topological polar surface area (TPSA) is 12.5 Å². The van der Waals surface area contributed by atoms with Crippen LogP contribution >= 0.6 is 24.0 Å². The van der Waals surface area contributed by atoms with Crippen molar-refractivity contribution >= 4 is 24.0 Å². The predicted octanol–water partition coefficient (Wildman–Crippen LogP) is 2.13. The van der Waals surface area contributed by atoms with Crippen molar-refractivity contribution in [1.29, 1.82) is 0 Å². The number of hydrogen-bond donors (Lipinski definition) is 1. The van der Waals surface area contributed by atoms with Crippen LogP contribution in [0.2, 0.25) is 0 Å². The normalized spacial score (nSPS) is 11.1. The molecule has 0 atom stereocenters. The van der Waals surface area contributed by atoms with E-state index in [9.17, 15) is 0 Å². The molecule has 1 aromatic rings. The molecule has 4 heteroatoms. The van der Waals surface area contributed by atoms with Crippen LogP contribution in [0.4, 0.5) is 0 Å². The lowest BCUT2D eigenvalue weighted by Crippen LogP contribution is -2.22. The van der Waals surface area contributed by atoms with Crippen LogP contribution in [0.5, 0.6) is 0 Å². The molecule has 0 unspecified atom stereocenters. The van der Waals surface area contributed by atoms with Gasteiger partial charge < -0.3 is 4.74 Å². The molecule has 2 nitrogen and oxygen atoms in total. The fourth-order valence-corrected chi connectivity index (χ4v) is 1.95. The first-order valence-electron chi connectivity index (χ1n) is 4.71. The molecule has 0 aromatic carbocycles. The van der Waals surface area contributed by atoms with Gasteiger partial charge in [0.15, 0.2) is 0 Å². The minimum absolute atomic E-state index is 0.745. The Balaban J connectivity index is 2.07. The molecule has 0 spiro atoms. The molecule has 80 valence electrons. The van der Waals surface area contributed by atoms with Crippen LogP contribution in [-0.4, -0.2) is 37.5 Å². The SMILES string of the molecule is CN(CCOCCS)Cc1ccsc1. The first kappa shape index (κ1) is 12.0. The molecule has 0 saturated carbocycles. The monoisotopic (exact) mass is 231 g/mol. The molecule has 14 heavy (non-hydrogen) atoms. The van der Waals surface area contributed by atoms with Crippen LogP contribution < -0.4 is 0 Å². The lowest BCUT2D eigenvalue weighted by Gasteiger charge is -2.15. The third-order valence-electron chi connectivity index (χ3n) is 1.89. The van der Waals surface area contributed by atoms with Gasteiger partial charge in [0.05, 0.1) is 13.2 Å². The molecule has 0 saturated heterocycles. The van der Waals surface area contributed by atoms with E-state index in [1.807, 2.05) is 0 Å². The van der Waals surface area contributed by atoms with Crippen molar-refractivity contribution in [2.45, 2.75) is 6.54 Å². The average Bonchev–Trinajstić information content (AvgIpc) is 2.65. The summed E-state index contributed by atoms with van der Waals surface area (Å²) < 4.78 is 5.36. The predicted molar refractivity (Wildman–Crippen MR) is 65.3 cm³/mol. The molecule has 0 bridgehead atoms. The summed E-state index contributed by atoms with van der Waals surface area (Å²) in [6.45, 7) is 3.52. The molecule has 0 N–H and O–H groups in total. The smallest absolute Gasteiger partial charge is 0.0593 e. The summed E-state index contributed by atoms with van der Waals surface area (Å²) in [5.41, 5.74) is 1.38. The molecule has 1 aromatic heterocycles. The number of rotatable bonds is 7. The largest absolute Gasteiger partial charge is 0.379 e. The standard InChI is InChI=1S/C10H17NOS2/c1-11(3-4-12-5-6-13)8-10-2-7-14-9-10/h2,7,9,13H,3-6,8H2,1H3. The summed E-state index contributed by atoms with van der Waals surface area (Å²) in [7, 11) is 2.11. The molecule has 0 amide bonds. The average molecular weight is 231 g/mol. The first-order valence-corrected chi connectivity index (χ1v) is 6.28. The molecule has 1 rings (SSSR count). The van der Waals surface area contributed by atoms with Gasteiger partial charge in [-0.2, -0.15) is 24.0 Å². The summed E-state index contributed by atoms with van der Waals surface area (Å²) in [6.07, 6.45) is 0. The van der Waals surface area contributed by atoms with E-state index in [1.165, 1.54) is 5.56 Å². The van der Waals surface area contributed by atoms with Gasteiger partial charge in [-0.05, 0) is 29.4 Å². The maximum Gasteiger partial charge on any atom is 0.0593 e. The second kappa shape index (κ2) is 7.29. The Morgan fingerprint density at radius 1 is 1.50 bits per heavy atom. The number of ether oxygens (including phenoxy) is 1. The number of hydrogen-bond acceptors (Lipinski definition) is 4. The Morgan fingerprint density at radius 2 is 2.36 bits per heavy atom. The van der Waals surface area contributed by atoms with Gasteiger partial charge in [-0.25, -0.2) is 0 Å².